The highest BCUT2D eigenvalue weighted by atomic mass is 79.9. The van der Waals surface area contributed by atoms with Crippen molar-refractivity contribution in [3.8, 4) is 0 Å². The van der Waals surface area contributed by atoms with E-state index in [4.69, 9.17) is 5.73 Å². The molecule has 0 bridgehead atoms. The van der Waals surface area contributed by atoms with Gasteiger partial charge in [0, 0.05) is 10.5 Å². The van der Waals surface area contributed by atoms with Gasteiger partial charge in [0.1, 0.15) is 0 Å². The summed E-state index contributed by atoms with van der Waals surface area (Å²) >= 11 is 3.48. The normalized spacial score (nSPS) is 20.4. The van der Waals surface area contributed by atoms with Crippen LogP contribution in [0.25, 0.3) is 0 Å². The Hall–Kier alpha value is -0.380. The SMILES string of the molecule is CC(c1ccc(Br)cc1)N1CCC(CN)CC1. The highest BCUT2D eigenvalue weighted by Gasteiger charge is 2.22. The van der Waals surface area contributed by atoms with Crippen molar-refractivity contribution in [3.63, 3.8) is 0 Å². The Morgan fingerprint density at radius 3 is 2.41 bits per heavy atom. The summed E-state index contributed by atoms with van der Waals surface area (Å²) in [5.41, 5.74) is 7.13. The van der Waals surface area contributed by atoms with Crippen molar-refractivity contribution >= 4 is 15.9 Å². The molecule has 0 amide bonds. The number of hydrogen-bond acceptors (Lipinski definition) is 2. The highest BCUT2D eigenvalue weighted by molar-refractivity contribution is 9.10. The lowest BCUT2D eigenvalue weighted by molar-refractivity contribution is 0.143. The second kappa shape index (κ2) is 5.98. The molecular formula is C14H21BrN2. The van der Waals surface area contributed by atoms with Crippen LogP contribution >= 0.6 is 15.9 Å². The van der Waals surface area contributed by atoms with E-state index in [1.54, 1.807) is 0 Å². The van der Waals surface area contributed by atoms with Crippen molar-refractivity contribution in [2.45, 2.75) is 25.8 Å². The van der Waals surface area contributed by atoms with Gasteiger partial charge >= 0.3 is 0 Å². The third-order valence-corrected chi connectivity index (χ3v) is 4.41. The zero-order valence-electron chi connectivity index (χ0n) is 10.4. The largest absolute Gasteiger partial charge is 0.330 e. The second-order valence-corrected chi connectivity index (χ2v) is 5.86. The van der Waals surface area contributed by atoms with Crippen molar-refractivity contribution in [2.75, 3.05) is 19.6 Å². The number of rotatable bonds is 3. The van der Waals surface area contributed by atoms with Gasteiger partial charge < -0.3 is 5.73 Å². The van der Waals surface area contributed by atoms with Crippen LogP contribution in [0.3, 0.4) is 0 Å². The quantitative estimate of drug-likeness (QED) is 0.928. The molecule has 1 saturated heterocycles. The highest BCUT2D eigenvalue weighted by Crippen LogP contribution is 2.26. The molecule has 2 N–H and O–H groups in total. The molecule has 0 aromatic heterocycles. The summed E-state index contributed by atoms with van der Waals surface area (Å²) in [6, 6.07) is 9.19. The maximum Gasteiger partial charge on any atom is 0.0319 e. The molecule has 1 atom stereocenters. The minimum absolute atomic E-state index is 0.516. The van der Waals surface area contributed by atoms with Gasteiger partial charge in [0.15, 0.2) is 0 Å². The predicted octanol–water partition coefficient (Wildman–Crippen LogP) is 3.18. The predicted molar refractivity (Wildman–Crippen MR) is 75.9 cm³/mol. The Kier molecular flexibility index (Phi) is 4.60. The second-order valence-electron chi connectivity index (χ2n) is 4.94. The van der Waals surface area contributed by atoms with Gasteiger partial charge in [-0.05, 0) is 63.0 Å². The maximum absolute atomic E-state index is 5.73. The van der Waals surface area contributed by atoms with Gasteiger partial charge in [-0.2, -0.15) is 0 Å². The van der Waals surface area contributed by atoms with Crippen LogP contribution in [-0.2, 0) is 0 Å². The summed E-state index contributed by atoms with van der Waals surface area (Å²) in [6.07, 6.45) is 2.49. The molecule has 0 aliphatic carbocycles. The van der Waals surface area contributed by atoms with Gasteiger partial charge in [-0.15, -0.1) is 0 Å². The average molecular weight is 297 g/mol. The van der Waals surface area contributed by atoms with Gasteiger partial charge in [0.25, 0.3) is 0 Å². The van der Waals surface area contributed by atoms with Crippen molar-refractivity contribution in [1.29, 1.82) is 0 Å². The Labute approximate surface area is 112 Å². The minimum atomic E-state index is 0.516. The summed E-state index contributed by atoms with van der Waals surface area (Å²) in [4.78, 5) is 2.56. The molecular weight excluding hydrogens is 276 g/mol. The van der Waals surface area contributed by atoms with E-state index in [-0.39, 0.29) is 0 Å². The van der Waals surface area contributed by atoms with E-state index in [0.717, 1.165) is 16.9 Å². The lowest BCUT2D eigenvalue weighted by Gasteiger charge is -2.35. The van der Waals surface area contributed by atoms with E-state index >= 15 is 0 Å². The molecule has 3 heteroatoms. The van der Waals surface area contributed by atoms with Crippen LogP contribution in [0.15, 0.2) is 28.7 Å². The summed E-state index contributed by atoms with van der Waals surface area (Å²) in [6.45, 7) is 5.50. The Bertz CT molecular complexity index is 342. The van der Waals surface area contributed by atoms with E-state index in [0.29, 0.717) is 6.04 Å². The zero-order chi connectivity index (χ0) is 12.3. The maximum atomic E-state index is 5.73. The zero-order valence-corrected chi connectivity index (χ0v) is 12.0. The van der Waals surface area contributed by atoms with Crippen LogP contribution in [0.5, 0.6) is 0 Å². The molecule has 1 unspecified atom stereocenters. The molecule has 0 radical (unpaired) electrons. The molecule has 1 heterocycles. The van der Waals surface area contributed by atoms with Crippen LogP contribution < -0.4 is 5.73 Å². The first kappa shape index (κ1) is 13.1. The van der Waals surface area contributed by atoms with Crippen LogP contribution in [0, 0.1) is 5.92 Å². The van der Waals surface area contributed by atoms with Crippen molar-refractivity contribution in [1.82, 2.24) is 4.90 Å². The smallest absolute Gasteiger partial charge is 0.0319 e. The summed E-state index contributed by atoms with van der Waals surface area (Å²) in [7, 11) is 0. The molecule has 1 aromatic rings. The molecule has 17 heavy (non-hydrogen) atoms. The molecule has 2 rings (SSSR count). The summed E-state index contributed by atoms with van der Waals surface area (Å²) in [5.74, 6) is 0.739. The number of piperidine rings is 1. The minimum Gasteiger partial charge on any atom is -0.330 e. The lowest BCUT2D eigenvalue weighted by Crippen LogP contribution is -2.37. The molecule has 1 aliphatic rings. The fourth-order valence-corrected chi connectivity index (χ4v) is 2.79. The van der Waals surface area contributed by atoms with Gasteiger partial charge in [0.2, 0.25) is 0 Å². The number of halogens is 1. The van der Waals surface area contributed by atoms with Crippen molar-refractivity contribution < 1.29 is 0 Å². The Balaban J connectivity index is 1.96. The van der Waals surface area contributed by atoms with E-state index in [2.05, 4.69) is 52.0 Å². The molecule has 1 aromatic carbocycles. The number of likely N-dealkylation sites (tertiary alicyclic amines) is 1. The summed E-state index contributed by atoms with van der Waals surface area (Å²) < 4.78 is 1.15. The first-order valence-electron chi connectivity index (χ1n) is 6.40. The van der Waals surface area contributed by atoms with E-state index < -0.39 is 0 Å². The average Bonchev–Trinajstić information content (AvgIpc) is 2.39. The van der Waals surface area contributed by atoms with Gasteiger partial charge in [-0.25, -0.2) is 0 Å². The molecule has 1 aliphatic heterocycles. The molecule has 2 nitrogen and oxygen atoms in total. The van der Waals surface area contributed by atoms with Crippen molar-refractivity contribution in [2.24, 2.45) is 11.7 Å². The van der Waals surface area contributed by atoms with Crippen molar-refractivity contribution in [3.05, 3.63) is 34.3 Å². The van der Waals surface area contributed by atoms with Gasteiger partial charge in [0.05, 0.1) is 0 Å². The topological polar surface area (TPSA) is 29.3 Å². The van der Waals surface area contributed by atoms with Crippen LogP contribution in [0.1, 0.15) is 31.4 Å². The standard InChI is InChI=1S/C14H21BrN2/c1-11(13-2-4-14(15)5-3-13)17-8-6-12(10-16)7-9-17/h2-5,11-12H,6-10,16H2,1H3. The van der Waals surface area contributed by atoms with E-state index in [9.17, 15) is 0 Å². The Morgan fingerprint density at radius 1 is 1.29 bits per heavy atom. The van der Waals surface area contributed by atoms with E-state index in [1.807, 2.05) is 0 Å². The fourth-order valence-electron chi connectivity index (χ4n) is 2.53. The monoisotopic (exact) mass is 296 g/mol. The Morgan fingerprint density at radius 2 is 1.88 bits per heavy atom. The summed E-state index contributed by atoms with van der Waals surface area (Å²) in [5, 5.41) is 0. The lowest BCUT2D eigenvalue weighted by atomic mass is 9.95. The number of hydrogen-bond donors (Lipinski definition) is 1. The first-order valence-corrected chi connectivity index (χ1v) is 7.19. The van der Waals surface area contributed by atoms with Crippen LogP contribution in [0.2, 0.25) is 0 Å². The number of nitrogens with two attached hydrogens (primary N) is 1. The number of nitrogens with zero attached hydrogens (tertiary/aromatic N) is 1. The molecule has 94 valence electrons. The third-order valence-electron chi connectivity index (χ3n) is 3.88. The molecule has 0 saturated carbocycles. The van der Waals surface area contributed by atoms with Gasteiger partial charge in [-0.1, -0.05) is 28.1 Å². The third kappa shape index (κ3) is 3.30. The molecule has 0 spiro atoms. The first-order chi connectivity index (χ1) is 8.20. The van der Waals surface area contributed by atoms with E-state index in [1.165, 1.54) is 31.5 Å². The van der Waals surface area contributed by atoms with Crippen LogP contribution in [0.4, 0.5) is 0 Å². The fraction of sp³-hybridized carbons (Fsp3) is 0.571. The molecule has 1 fully saturated rings. The number of benzene rings is 1. The van der Waals surface area contributed by atoms with Gasteiger partial charge in [-0.3, -0.25) is 4.90 Å². The van der Waals surface area contributed by atoms with Crippen LogP contribution in [-0.4, -0.2) is 24.5 Å².